The van der Waals surface area contributed by atoms with E-state index in [0.717, 1.165) is 6.20 Å². The fourth-order valence-electron chi connectivity index (χ4n) is 0.395. The Kier molecular flexibility index (Phi) is 2.82. The third kappa shape index (κ3) is 1.70. The number of aromatic nitrogens is 2. The highest BCUT2D eigenvalue weighted by Crippen LogP contribution is 2.03. The summed E-state index contributed by atoms with van der Waals surface area (Å²) in [6, 6.07) is 0. The molecule has 1 aromatic heterocycles. The molecule has 0 saturated heterocycles. The van der Waals surface area contributed by atoms with Gasteiger partial charge >= 0.3 is 0 Å². The van der Waals surface area contributed by atoms with Gasteiger partial charge in [0.2, 0.25) is 5.95 Å². The maximum Gasteiger partial charge on any atom is 0.222 e. The van der Waals surface area contributed by atoms with E-state index in [1.807, 2.05) is 0 Å². The molecule has 6 heteroatoms. The zero-order valence-electron chi connectivity index (χ0n) is 4.91. The molecule has 0 saturated carbocycles. The van der Waals surface area contributed by atoms with Crippen molar-refractivity contribution in [3.8, 4) is 0 Å². The van der Waals surface area contributed by atoms with Crippen LogP contribution in [0.15, 0.2) is 6.20 Å². The largest absolute Gasteiger partial charge is 0.381 e. The van der Waals surface area contributed by atoms with Crippen molar-refractivity contribution in [2.75, 3.05) is 11.5 Å². The number of hydrogen-bond acceptors (Lipinski definition) is 4. The lowest BCUT2D eigenvalue weighted by Crippen LogP contribution is -2.00. The lowest BCUT2D eigenvalue weighted by molar-refractivity contribution is 0.620. The molecule has 10 heavy (non-hydrogen) atoms. The van der Waals surface area contributed by atoms with Gasteiger partial charge in [0.15, 0.2) is 11.6 Å². The van der Waals surface area contributed by atoms with Crippen molar-refractivity contribution in [1.29, 1.82) is 0 Å². The summed E-state index contributed by atoms with van der Waals surface area (Å²) in [6.07, 6.45) is 0.928. The summed E-state index contributed by atoms with van der Waals surface area (Å²) in [5, 5.41) is 0. The minimum absolute atomic E-state index is 0. The fourth-order valence-corrected chi connectivity index (χ4v) is 0.395. The van der Waals surface area contributed by atoms with Crippen LogP contribution in [0.25, 0.3) is 0 Å². The highest BCUT2D eigenvalue weighted by atomic mass is 35.5. The number of halogens is 2. The van der Waals surface area contributed by atoms with E-state index in [2.05, 4.69) is 9.97 Å². The molecule has 0 amide bonds. The number of hydrogen-bond donors (Lipinski definition) is 2. The molecule has 0 aliphatic carbocycles. The van der Waals surface area contributed by atoms with Crippen molar-refractivity contribution in [2.45, 2.75) is 0 Å². The Morgan fingerprint density at radius 3 is 2.40 bits per heavy atom. The number of nitrogen functional groups attached to an aromatic ring is 2. The highest BCUT2D eigenvalue weighted by Gasteiger charge is 1.97. The number of rotatable bonds is 0. The standard InChI is InChI=1S/C4H5FN4.ClH/c5-2-1-8-4(7)9-3(2)6;/h1H,(H4,6,7,8,9);1H. The summed E-state index contributed by atoms with van der Waals surface area (Å²) in [4.78, 5) is 6.69. The van der Waals surface area contributed by atoms with Gasteiger partial charge in [-0.3, -0.25) is 0 Å². The Morgan fingerprint density at radius 2 is 2.00 bits per heavy atom. The molecule has 0 aromatic carbocycles. The first-order chi connectivity index (χ1) is 4.20. The Labute approximate surface area is 62.9 Å². The topological polar surface area (TPSA) is 77.8 Å². The second-order valence-corrected chi connectivity index (χ2v) is 1.46. The van der Waals surface area contributed by atoms with E-state index in [1.165, 1.54) is 0 Å². The molecule has 1 aromatic rings. The smallest absolute Gasteiger partial charge is 0.222 e. The lowest BCUT2D eigenvalue weighted by atomic mass is 10.6. The molecular weight excluding hydrogens is 159 g/mol. The molecule has 1 heterocycles. The van der Waals surface area contributed by atoms with Crippen molar-refractivity contribution < 1.29 is 4.39 Å². The van der Waals surface area contributed by atoms with Crippen molar-refractivity contribution in [3.05, 3.63) is 12.0 Å². The van der Waals surface area contributed by atoms with Crippen LogP contribution in [0.2, 0.25) is 0 Å². The summed E-state index contributed by atoms with van der Waals surface area (Å²) in [6.45, 7) is 0. The minimum Gasteiger partial charge on any atom is -0.381 e. The summed E-state index contributed by atoms with van der Waals surface area (Å²) in [7, 11) is 0. The van der Waals surface area contributed by atoms with Gasteiger partial charge < -0.3 is 11.5 Å². The second-order valence-electron chi connectivity index (χ2n) is 1.46. The van der Waals surface area contributed by atoms with E-state index in [-0.39, 0.29) is 24.2 Å². The number of anilines is 2. The van der Waals surface area contributed by atoms with Crippen LogP contribution in [0.4, 0.5) is 16.2 Å². The molecular formula is C4H6ClFN4. The average molecular weight is 165 g/mol. The summed E-state index contributed by atoms with van der Waals surface area (Å²) in [5.74, 6) is -0.888. The first kappa shape index (κ1) is 8.90. The molecule has 0 unspecified atom stereocenters. The zero-order valence-corrected chi connectivity index (χ0v) is 5.73. The van der Waals surface area contributed by atoms with Crippen molar-refractivity contribution in [1.82, 2.24) is 9.97 Å². The number of nitrogens with two attached hydrogens (primary N) is 2. The van der Waals surface area contributed by atoms with Crippen molar-refractivity contribution >= 4 is 24.2 Å². The van der Waals surface area contributed by atoms with E-state index in [9.17, 15) is 4.39 Å². The summed E-state index contributed by atoms with van der Waals surface area (Å²) >= 11 is 0. The van der Waals surface area contributed by atoms with Gasteiger partial charge in [0, 0.05) is 0 Å². The minimum atomic E-state index is -0.649. The van der Waals surface area contributed by atoms with Gasteiger partial charge in [-0.2, -0.15) is 4.98 Å². The van der Waals surface area contributed by atoms with Gasteiger partial charge in [0.25, 0.3) is 0 Å². The van der Waals surface area contributed by atoms with E-state index >= 15 is 0 Å². The molecule has 0 radical (unpaired) electrons. The zero-order chi connectivity index (χ0) is 6.85. The van der Waals surface area contributed by atoms with E-state index < -0.39 is 5.82 Å². The van der Waals surface area contributed by atoms with E-state index in [4.69, 9.17) is 11.5 Å². The molecule has 4 nitrogen and oxygen atoms in total. The lowest BCUT2D eigenvalue weighted by Gasteiger charge is -1.93. The van der Waals surface area contributed by atoms with E-state index in [0.29, 0.717) is 0 Å². The maximum absolute atomic E-state index is 12.2. The molecule has 0 aliphatic rings. The summed E-state index contributed by atoms with van der Waals surface area (Å²) in [5.41, 5.74) is 10.1. The SMILES string of the molecule is Cl.Nc1ncc(F)c(N)n1. The molecule has 4 N–H and O–H groups in total. The molecule has 0 atom stereocenters. The predicted molar refractivity (Wildman–Crippen MR) is 38.1 cm³/mol. The first-order valence-corrected chi connectivity index (χ1v) is 2.23. The van der Waals surface area contributed by atoms with Gasteiger partial charge in [-0.1, -0.05) is 0 Å². The Balaban J connectivity index is 0.000000810. The molecule has 0 aliphatic heterocycles. The molecule has 0 fully saturated rings. The van der Waals surface area contributed by atoms with Crippen LogP contribution < -0.4 is 11.5 Å². The van der Waals surface area contributed by atoms with Crippen LogP contribution in [-0.2, 0) is 0 Å². The highest BCUT2D eigenvalue weighted by molar-refractivity contribution is 5.85. The first-order valence-electron chi connectivity index (χ1n) is 2.23. The van der Waals surface area contributed by atoms with Crippen LogP contribution in [0.1, 0.15) is 0 Å². The summed E-state index contributed by atoms with van der Waals surface area (Å²) < 4.78 is 12.2. The van der Waals surface area contributed by atoms with E-state index in [1.54, 1.807) is 0 Å². The Morgan fingerprint density at radius 1 is 1.40 bits per heavy atom. The van der Waals surface area contributed by atoms with Gasteiger partial charge in [-0.25, -0.2) is 9.37 Å². The average Bonchev–Trinajstić information content (AvgIpc) is 1.80. The van der Waals surface area contributed by atoms with Crippen LogP contribution in [0.3, 0.4) is 0 Å². The monoisotopic (exact) mass is 164 g/mol. The molecule has 0 bridgehead atoms. The van der Waals surface area contributed by atoms with Crippen LogP contribution >= 0.6 is 12.4 Å². The normalized spacial score (nSPS) is 8.50. The van der Waals surface area contributed by atoms with Gasteiger partial charge in [-0.15, -0.1) is 12.4 Å². The molecule has 1 rings (SSSR count). The van der Waals surface area contributed by atoms with Crippen molar-refractivity contribution in [3.63, 3.8) is 0 Å². The quantitative estimate of drug-likeness (QED) is 0.574. The fraction of sp³-hybridized carbons (Fsp3) is 0. The van der Waals surface area contributed by atoms with Crippen LogP contribution in [-0.4, -0.2) is 9.97 Å². The Bertz CT molecular complexity index is 228. The van der Waals surface area contributed by atoms with Crippen LogP contribution in [0.5, 0.6) is 0 Å². The predicted octanol–water partition coefficient (Wildman–Crippen LogP) is 0.202. The number of nitrogens with zero attached hydrogens (tertiary/aromatic N) is 2. The third-order valence-corrected chi connectivity index (χ3v) is 0.790. The van der Waals surface area contributed by atoms with Crippen molar-refractivity contribution in [2.24, 2.45) is 0 Å². The molecule has 56 valence electrons. The third-order valence-electron chi connectivity index (χ3n) is 0.790. The second kappa shape index (κ2) is 3.17. The maximum atomic E-state index is 12.2. The van der Waals surface area contributed by atoms with Gasteiger partial charge in [-0.05, 0) is 0 Å². The van der Waals surface area contributed by atoms with Crippen LogP contribution in [0, 0.1) is 5.82 Å². The Hall–Kier alpha value is -1.10. The molecule has 0 spiro atoms. The van der Waals surface area contributed by atoms with Gasteiger partial charge in [0.1, 0.15) is 0 Å². The van der Waals surface area contributed by atoms with Gasteiger partial charge in [0.05, 0.1) is 6.20 Å².